The molecule has 4 nitrogen and oxygen atoms in total. The minimum Gasteiger partial charge on any atom is -0.365 e. The molecule has 2 bridgehead atoms. The lowest BCUT2D eigenvalue weighted by atomic mass is 9.79. The fourth-order valence-corrected chi connectivity index (χ4v) is 8.54. The van der Waals surface area contributed by atoms with Gasteiger partial charge in [0, 0.05) is 41.8 Å². The summed E-state index contributed by atoms with van der Waals surface area (Å²) < 4.78 is 6.96. The smallest absolute Gasteiger partial charge is 0.108 e. The van der Waals surface area contributed by atoms with E-state index in [1.165, 1.54) is 59.0 Å². The van der Waals surface area contributed by atoms with Gasteiger partial charge >= 0.3 is 0 Å². The Morgan fingerprint density at radius 3 is 2.29 bits per heavy atom. The zero-order valence-corrected chi connectivity index (χ0v) is 24.1. The van der Waals surface area contributed by atoms with E-state index in [4.69, 9.17) is 4.74 Å². The van der Waals surface area contributed by atoms with Crippen LogP contribution < -0.4 is 0 Å². The summed E-state index contributed by atoms with van der Waals surface area (Å²) in [6, 6.07) is 30.2. The maximum absolute atomic E-state index is 6.96. The molecular weight excluding hydrogens is 502 g/mol. The first-order valence-electron chi connectivity index (χ1n) is 15.7. The molecule has 2 saturated heterocycles. The summed E-state index contributed by atoms with van der Waals surface area (Å²) in [6.45, 7) is 2.37. The van der Waals surface area contributed by atoms with Crippen molar-refractivity contribution in [2.45, 2.75) is 68.9 Å². The highest BCUT2D eigenvalue weighted by Crippen LogP contribution is 2.43. The van der Waals surface area contributed by atoms with Gasteiger partial charge in [0.2, 0.25) is 0 Å². The lowest BCUT2D eigenvalue weighted by Gasteiger charge is -2.42. The standard InChI is InChI=1S/C37H41N3O/c1-39-24-25(19-33-32-13-8-14-34-36(32)28(23-38-34)20-35(33)39)17-18-40-29-15-16-30(40)22-31(21-29)41-37(26-9-4-2-5-10-26)27-11-6-3-7-12-27/h2-14,19,23,25,29-31,35,37-38H,15-18,20-22,24H2,1H3/t25-,29-,30+,31+,35-/m1/s1. The van der Waals surface area contributed by atoms with Crippen LogP contribution in [0, 0.1) is 5.92 Å². The van der Waals surface area contributed by atoms with Crippen LogP contribution in [-0.2, 0) is 11.2 Å². The van der Waals surface area contributed by atoms with Gasteiger partial charge in [0.25, 0.3) is 0 Å². The van der Waals surface area contributed by atoms with E-state index in [0.29, 0.717) is 30.1 Å². The van der Waals surface area contributed by atoms with Gasteiger partial charge in [-0.05, 0) is 91.9 Å². The van der Waals surface area contributed by atoms with E-state index in [9.17, 15) is 0 Å². The molecule has 210 valence electrons. The number of likely N-dealkylation sites (N-methyl/N-ethyl adjacent to an activating group) is 1. The van der Waals surface area contributed by atoms with Gasteiger partial charge in [0.05, 0.1) is 6.10 Å². The molecule has 3 aliphatic heterocycles. The lowest BCUT2D eigenvalue weighted by Crippen LogP contribution is -2.47. The Morgan fingerprint density at radius 2 is 1.59 bits per heavy atom. The number of nitrogens with zero attached hydrogens (tertiary/aromatic N) is 2. The predicted molar refractivity (Wildman–Crippen MR) is 167 cm³/mol. The largest absolute Gasteiger partial charge is 0.365 e. The van der Waals surface area contributed by atoms with Gasteiger partial charge in [-0.2, -0.15) is 0 Å². The summed E-state index contributed by atoms with van der Waals surface area (Å²) in [5.41, 5.74) is 8.29. The van der Waals surface area contributed by atoms with Gasteiger partial charge in [-0.3, -0.25) is 9.80 Å². The molecule has 1 N–H and O–H groups in total. The number of H-pyrrole nitrogens is 1. The molecule has 1 aliphatic carbocycles. The second-order valence-electron chi connectivity index (χ2n) is 12.9. The summed E-state index contributed by atoms with van der Waals surface area (Å²) in [5, 5.41) is 1.45. The lowest BCUT2D eigenvalue weighted by molar-refractivity contribution is -0.0489. The van der Waals surface area contributed by atoms with Crippen molar-refractivity contribution in [3.63, 3.8) is 0 Å². The van der Waals surface area contributed by atoms with E-state index in [0.717, 1.165) is 25.8 Å². The fourth-order valence-electron chi connectivity index (χ4n) is 8.54. The van der Waals surface area contributed by atoms with Crippen LogP contribution in [0.3, 0.4) is 0 Å². The molecular formula is C37H41N3O. The van der Waals surface area contributed by atoms with Crippen LogP contribution in [0.4, 0.5) is 0 Å². The first kappa shape index (κ1) is 25.5. The molecule has 4 aliphatic rings. The van der Waals surface area contributed by atoms with Gasteiger partial charge in [-0.15, -0.1) is 0 Å². The number of aromatic amines is 1. The van der Waals surface area contributed by atoms with Crippen molar-refractivity contribution < 1.29 is 4.74 Å². The maximum Gasteiger partial charge on any atom is 0.108 e. The average Bonchev–Trinajstić information content (AvgIpc) is 3.53. The Labute approximate surface area is 244 Å². The van der Waals surface area contributed by atoms with Crippen LogP contribution in [0.2, 0.25) is 0 Å². The van der Waals surface area contributed by atoms with E-state index in [2.05, 4.69) is 113 Å². The Morgan fingerprint density at radius 1 is 0.878 bits per heavy atom. The number of benzene rings is 3. The van der Waals surface area contributed by atoms with Gasteiger partial charge in [0.1, 0.15) is 6.10 Å². The van der Waals surface area contributed by atoms with E-state index < -0.39 is 0 Å². The third kappa shape index (κ3) is 4.67. The quantitative estimate of drug-likeness (QED) is 0.267. The molecule has 2 fully saturated rings. The van der Waals surface area contributed by atoms with Crippen molar-refractivity contribution in [1.82, 2.24) is 14.8 Å². The minimum atomic E-state index is 0.00573. The number of fused-ring (bicyclic) bond motifs is 4. The average molecular weight is 544 g/mol. The molecule has 0 radical (unpaired) electrons. The van der Waals surface area contributed by atoms with Crippen molar-refractivity contribution in [2.75, 3.05) is 20.1 Å². The fraction of sp³-hybridized carbons (Fsp3) is 0.405. The van der Waals surface area contributed by atoms with Crippen LogP contribution in [-0.4, -0.2) is 59.2 Å². The first-order valence-corrected chi connectivity index (χ1v) is 15.7. The third-order valence-corrected chi connectivity index (χ3v) is 10.5. The Kier molecular flexibility index (Phi) is 6.59. The minimum absolute atomic E-state index is 0.00573. The summed E-state index contributed by atoms with van der Waals surface area (Å²) >= 11 is 0. The molecule has 0 amide bonds. The highest BCUT2D eigenvalue weighted by molar-refractivity contribution is 5.98. The van der Waals surface area contributed by atoms with Gasteiger partial charge in [0.15, 0.2) is 0 Å². The van der Waals surface area contributed by atoms with Crippen molar-refractivity contribution >= 4 is 16.5 Å². The highest BCUT2D eigenvalue weighted by Gasteiger charge is 2.42. The number of aromatic nitrogens is 1. The number of nitrogens with one attached hydrogen (secondary N) is 1. The van der Waals surface area contributed by atoms with Crippen molar-refractivity contribution in [1.29, 1.82) is 0 Å². The third-order valence-electron chi connectivity index (χ3n) is 10.5. The second kappa shape index (κ2) is 10.6. The first-order chi connectivity index (χ1) is 20.2. The van der Waals surface area contributed by atoms with Crippen LogP contribution in [0.15, 0.2) is 91.1 Å². The van der Waals surface area contributed by atoms with Crippen LogP contribution in [0.25, 0.3) is 16.5 Å². The summed E-state index contributed by atoms with van der Waals surface area (Å²) in [4.78, 5) is 8.99. The van der Waals surface area contributed by atoms with E-state index >= 15 is 0 Å². The molecule has 5 atom stereocenters. The normalized spacial score (nSPS) is 27.8. The molecule has 1 aromatic heterocycles. The Bertz CT molecular complexity index is 1490. The monoisotopic (exact) mass is 543 g/mol. The van der Waals surface area contributed by atoms with Crippen LogP contribution >= 0.6 is 0 Å². The number of rotatable bonds is 7. The number of hydrogen-bond acceptors (Lipinski definition) is 3. The van der Waals surface area contributed by atoms with Crippen molar-refractivity contribution in [3.05, 3.63) is 113 Å². The summed E-state index contributed by atoms with van der Waals surface area (Å²) in [6.07, 6.45) is 12.5. The Balaban J connectivity index is 0.959. The summed E-state index contributed by atoms with van der Waals surface area (Å²) in [5.74, 6) is 0.607. The van der Waals surface area contributed by atoms with Gasteiger partial charge < -0.3 is 9.72 Å². The molecule has 4 aromatic rings. The number of ether oxygens (including phenoxy) is 1. The van der Waals surface area contributed by atoms with Crippen molar-refractivity contribution in [3.8, 4) is 0 Å². The SMILES string of the molecule is CN1C[C@H](CCN2[C@@H]3CC[C@H]2C[C@@H](OC(c2ccccc2)c2ccccc2)C3)C=C2c3cccc4[nH]cc(c34)C[C@H]21. The number of hydrogen-bond donors (Lipinski definition) is 1. The van der Waals surface area contributed by atoms with Crippen LogP contribution in [0.5, 0.6) is 0 Å². The number of piperidine rings is 1. The molecule has 3 aromatic carbocycles. The van der Waals surface area contributed by atoms with E-state index in [-0.39, 0.29) is 6.10 Å². The molecule has 4 heterocycles. The van der Waals surface area contributed by atoms with Crippen LogP contribution in [0.1, 0.15) is 60.5 Å². The maximum atomic E-state index is 6.96. The van der Waals surface area contributed by atoms with Crippen molar-refractivity contribution in [2.24, 2.45) is 5.92 Å². The molecule has 0 spiro atoms. The Hall–Kier alpha value is -3.18. The van der Waals surface area contributed by atoms with E-state index in [1.807, 2.05) is 0 Å². The zero-order chi connectivity index (χ0) is 27.3. The summed E-state index contributed by atoms with van der Waals surface area (Å²) in [7, 11) is 2.34. The predicted octanol–water partition coefficient (Wildman–Crippen LogP) is 7.23. The van der Waals surface area contributed by atoms with E-state index in [1.54, 1.807) is 5.57 Å². The molecule has 41 heavy (non-hydrogen) atoms. The molecule has 8 rings (SSSR count). The zero-order valence-electron chi connectivity index (χ0n) is 24.1. The second-order valence-corrected chi connectivity index (χ2v) is 12.9. The van der Waals surface area contributed by atoms with Gasteiger partial charge in [-0.25, -0.2) is 0 Å². The molecule has 4 heteroatoms. The van der Waals surface area contributed by atoms with Gasteiger partial charge in [-0.1, -0.05) is 78.9 Å². The molecule has 0 saturated carbocycles. The topological polar surface area (TPSA) is 31.5 Å². The molecule has 0 unspecified atom stereocenters. The highest BCUT2D eigenvalue weighted by atomic mass is 16.5.